The normalized spacial score (nSPS) is 16.9. The highest BCUT2D eigenvalue weighted by atomic mass is 19.4. The van der Waals surface area contributed by atoms with Gasteiger partial charge in [0.25, 0.3) is 0 Å². The number of Topliss-reactive ketones (excluding diaryl/α,β-unsaturated/α-hetero) is 1. The number of aromatic nitrogens is 1. The average molecular weight is 431 g/mol. The van der Waals surface area contributed by atoms with Gasteiger partial charge in [0.2, 0.25) is 5.78 Å². The Labute approximate surface area is 165 Å². The standard InChI is InChI=1S/C20H12F7NO2/c21-13-4-7-15(16(22)9-13)18(29)19(23,24)17-8-3-12(10-28-17)11-1-5-14(6-2-11)30-20(25,26)27/h1,3-11H,2H2. The molecule has 1 heterocycles. The zero-order chi connectivity index (χ0) is 22.1. The Morgan fingerprint density at radius 2 is 1.80 bits per heavy atom. The summed E-state index contributed by atoms with van der Waals surface area (Å²) < 4.78 is 96.0. The Hall–Kier alpha value is -3.17. The third kappa shape index (κ3) is 4.69. The molecule has 0 amide bonds. The number of hydrogen-bond donors (Lipinski definition) is 0. The molecule has 1 unspecified atom stereocenters. The van der Waals surface area contributed by atoms with Crippen LogP contribution in [-0.4, -0.2) is 17.1 Å². The van der Waals surface area contributed by atoms with Crippen molar-refractivity contribution < 1.29 is 40.3 Å². The van der Waals surface area contributed by atoms with Gasteiger partial charge in [-0.15, -0.1) is 13.2 Å². The monoisotopic (exact) mass is 431 g/mol. The second-order valence-corrected chi connectivity index (χ2v) is 6.36. The van der Waals surface area contributed by atoms with Crippen LogP contribution in [0.1, 0.15) is 34.0 Å². The van der Waals surface area contributed by atoms with E-state index in [0.29, 0.717) is 23.8 Å². The molecule has 0 fully saturated rings. The Kier molecular flexibility index (Phi) is 5.69. The third-order valence-corrected chi connectivity index (χ3v) is 4.30. The zero-order valence-electron chi connectivity index (χ0n) is 14.9. The Morgan fingerprint density at radius 3 is 2.33 bits per heavy atom. The number of carbonyl (C=O) groups is 1. The molecule has 0 saturated heterocycles. The number of halogens is 7. The summed E-state index contributed by atoms with van der Waals surface area (Å²) in [4.78, 5) is 15.6. The second-order valence-electron chi connectivity index (χ2n) is 6.36. The molecule has 1 aliphatic rings. The maximum Gasteiger partial charge on any atom is 0.573 e. The highest BCUT2D eigenvalue weighted by Crippen LogP contribution is 2.34. The first-order valence-electron chi connectivity index (χ1n) is 8.45. The number of ether oxygens (including phenoxy) is 1. The van der Waals surface area contributed by atoms with Gasteiger partial charge in [-0.25, -0.2) is 8.78 Å². The van der Waals surface area contributed by atoms with E-state index in [9.17, 15) is 35.5 Å². The topological polar surface area (TPSA) is 39.2 Å². The number of allylic oxidation sites excluding steroid dienone is 3. The molecule has 0 N–H and O–H groups in total. The zero-order valence-corrected chi connectivity index (χ0v) is 14.9. The fourth-order valence-corrected chi connectivity index (χ4v) is 2.83. The van der Waals surface area contributed by atoms with Crippen LogP contribution in [0.3, 0.4) is 0 Å². The number of benzene rings is 1. The number of rotatable bonds is 5. The summed E-state index contributed by atoms with van der Waals surface area (Å²) in [6.07, 6.45) is 0.0326. The van der Waals surface area contributed by atoms with E-state index in [1.54, 1.807) is 0 Å². The molecule has 2 aromatic rings. The van der Waals surface area contributed by atoms with Crippen molar-refractivity contribution in [3.05, 3.63) is 89.0 Å². The van der Waals surface area contributed by atoms with Crippen molar-refractivity contribution in [1.29, 1.82) is 0 Å². The van der Waals surface area contributed by atoms with Gasteiger partial charge in [0.05, 0.1) is 5.56 Å². The van der Waals surface area contributed by atoms with Crippen LogP contribution in [0.2, 0.25) is 0 Å². The molecule has 0 aliphatic heterocycles. The molecule has 0 saturated carbocycles. The number of nitrogens with zero attached hydrogens (tertiary/aromatic N) is 1. The van der Waals surface area contributed by atoms with Gasteiger partial charge in [-0.1, -0.05) is 12.1 Å². The lowest BCUT2D eigenvalue weighted by atomic mass is 9.92. The van der Waals surface area contributed by atoms with E-state index in [0.717, 1.165) is 18.3 Å². The molecule has 158 valence electrons. The summed E-state index contributed by atoms with van der Waals surface area (Å²) in [6.45, 7) is 0. The predicted molar refractivity (Wildman–Crippen MR) is 90.5 cm³/mol. The minimum absolute atomic E-state index is 0.110. The van der Waals surface area contributed by atoms with Gasteiger partial charge in [0.1, 0.15) is 23.1 Å². The van der Waals surface area contributed by atoms with Gasteiger partial charge in [-0.05, 0) is 42.3 Å². The molecular weight excluding hydrogens is 419 g/mol. The number of alkyl halides is 5. The van der Waals surface area contributed by atoms with E-state index < -0.39 is 46.9 Å². The maximum absolute atomic E-state index is 14.5. The molecule has 1 aromatic carbocycles. The summed E-state index contributed by atoms with van der Waals surface area (Å²) in [5, 5.41) is 0. The highest BCUT2D eigenvalue weighted by molar-refractivity contribution is 6.01. The largest absolute Gasteiger partial charge is 0.573 e. The van der Waals surface area contributed by atoms with Gasteiger partial charge in [-0.3, -0.25) is 9.78 Å². The van der Waals surface area contributed by atoms with Gasteiger partial charge >= 0.3 is 12.3 Å². The first-order chi connectivity index (χ1) is 14.0. The van der Waals surface area contributed by atoms with Crippen LogP contribution < -0.4 is 0 Å². The van der Waals surface area contributed by atoms with Gasteiger partial charge in [0, 0.05) is 18.2 Å². The Balaban J connectivity index is 1.75. The van der Waals surface area contributed by atoms with Crippen molar-refractivity contribution in [3.63, 3.8) is 0 Å². The smallest absolute Gasteiger partial charge is 0.406 e. The van der Waals surface area contributed by atoms with Crippen molar-refractivity contribution in [3.8, 4) is 0 Å². The van der Waals surface area contributed by atoms with Crippen molar-refractivity contribution in [2.75, 3.05) is 0 Å². The van der Waals surface area contributed by atoms with Crippen LogP contribution in [0.25, 0.3) is 0 Å². The second kappa shape index (κ2) is 7.92. The van der Waals surface area contributed by atoms with E-state index in [1.807, 2.05) is 0 Å². The van der Waals surface area contributed by atoms with E-state index in [1.165, 1.54) is 18.2 Å². The van der Waals surface area contributed by atoms with E-state index in [4.69, 9.17) is 0 Å². The lowest BCUT2D eigenvalue weighted by molar-refractivity contribution is -0.303. The van der Waals surface area contributed by atoms with Crippen LogP contribution in [0, 0.1) is 11.6 Å². The van der Waals surface area contributed by atoms with Crippen LogP contribution >= 0.6 is 0 Å². The lowest BCUT2D eigenvalue weighted by Gasteiger charge is -2.19. The molecule has 1 aromatic heterocycles. The first kappa shape index (κ1) is 21.5. The molecule has 1 aliphatic carbocycles. The molecule has 3 nitrogen and oxygen atoms in total. The summed E-state index contributed by atoms with van der Waals surface area (Å²) in [5.41, 5.74) is -1.52. The molecule has 30 heavy (non-hydrogen) atoms. The molecule has 10 heteroatoms. The average Bonchev–Trinajstić information content (AvgIpc) is 2.67. The minimum Gasteiger partial charge on any atom is -0.406 e. The molecule has 0 radical (unpaired) electrons. The summed E-state index contributed by atoms with van der Waals surface area (Å²) in [5.74, 6) is -9.32. The number of pyridine rings is 1. The van der Waals surface area contributed by atoms with Crippen molar-refractivity contribution in [1.82, 2.24) is 4.98 Å². The fourth-order valence-electron chi connectivity index (χ4n) is 2.83. The molecule has 1 atom stereocenters. The quantitative estimate of drug-likeness (QED) is 0.444. The molecule has 0 bridgehead atoms. The maximum atomic E-state index is 14.5. The highest BCUT2D eigenvalue weighted by Gasteiger charge is 2.44. The van der Waals surface area contributed by atoms with Gasteiger partial charge < -0.3 is 4.74 Å². The third-order valence-electron chi connectivity index (χ3n) is 4.30. The van der Waals surface area contributed by atoms with Crippen LogP contribution in [0.15, 0.2) is 60.5 Å². The SMILES string of the molecule is O=C(c1ccc(F)cc1F)C(F)(F)c1ccc(C2C=CC(OC(F)(F)F)=CC2)cn1. The van der Waals surface area contributed by atoms with Gasteiger partial charge in [-0.2, -0.15) is 8.78 Å². The van der Waals surface area contributed by atoms with E-state index >= 15 is 0 Å². The van der Waals surface area contributed by atoms with Gasteiger partial charge in [0.15, 0.2) is 0 Å². The number of carbonyl (C=O) groups excluding carboxylic acids is 1. The lowest BCUT2D eigenvalue weighted by Crippen LogP contribution is -2.28. The Bertz CT molecular complexity index is 1010. The molecule has 0 spiro atoms. The number of hydrogen-bond acceptors (Lipinski definition) is 3. The van der Waals surface area contributed by atoms with Crippen LogP contribution in [-0.2, 0) is 10.7 Å². The van der Waals surface area contributed by atoms with Crippen molar-refractivity contribution in [2.24, 2.45) is 0 Å². The minimum atomic E-state index is -4.83. The fraction of sp³-hybridized carbons (Fsp3) is 0.200. The first-order valence-corrected chi connectivity index (χ1v) is 8.45. The number of ketones is 1. The molecule has 3 rings (SSSR count). The predicted octanol–water partition coefficient (Wildman–Crippen LogP) is 5.80. The van der Waals surface area contributed by atoms with E-state index in [2.05, 4.69) is 9.72 Å². The summed E-state index contributed by atoms with van der Waals surface area (Å²) >= 11 is 0. The summed E-state index contributed by atoms with van der Waals surface area (Å²) in [6, 6.07) is 3.73. The summed E-state index contributed by atoms with van der Waals surface area (Å²) in [7, 11) is 0. The Morgan fingerprint density at radius 1 is 1.07 bits per heavy atom. The molecular formula is C20H12F7NO2. The van der Waals surface area contributed by atoms with Crippen molar-refractivity contribution in [2.45, 2.75) is 24.6 Å². The van der Waals surface area contributed by atoms with E-state index in [-0.39, 0.29) is 12.2 Å². The van der Waals surface area contributed by atoms with Crippen molar-refractivity contribution >= 4 is 5.78 Å². The van der Waals surface area contributed by atoms with Crippen LogP contribution in [0.4, 0.5) is 30.7 Å². The van der Waals surface area contributed by atoms with Crippen LogP contribution in [0.5, 0.6) is 0 Å².